The van der Waals surface area contributed by atoms with Gasteiger partial charge < -0.3 is 14.4 Å². The Labute approximate surface area is 167 Å². The summed E-state index contributed by atoms with van der Waals surface area (Å²) in [6.45, 7) is 0. The van der Waals surface area contributed by atoms with E-state index in [2.05, 4.69) is 22.0 Å². The molecule has 0 aliphatic heterocycles. The van der Waals surface area contributed by atoms with Crippen molar-refractivity contribution in [3.8, 4) is 0 Å². The molecule has 2 aromatic heterocycles. The first-order valence-electron chi connectivity index (χ1n) is 9.34. The van der Waals surface area contributed by atoms with Crippen molar-refractivity contribution in [2.24, 2.45) is 0 Å². The van der Waals surface area contributed by atoms with Crippen LogP contribution in [-0.4, -0.2) is 23.1 Å². The van der Waals surface area contributed by atoms with Crippen LogP contribution in [0.25, 0.3) is 22.6 Å². The number of aromatic nitrogens is 1. The number of hydrogen-bond donors (Lipinski definition) is 1. The second-order valence-electron chi connectivity index (χ2n) is 7.07. The Kier molecular flexibility index (Phi) is 3.95. The predicted molar refractivity (Wildman–Crippen MR) is 113 cm³/mol. The van der Waals surface area contributed by atoms with E-state index in [0.29, 0.717) is 17.7 Å². The number of hydrogen-bond acceptors (Lipinski definition) is 4. The van der Waals surface area contributed by atoms with Crippen molar-refractivity contribution in [2.45, 2.75) is 6.42 Å². The zero-order chi connectivity index (χ0) is 20.0. The van der Waals surface area contributed by atoms with Crippen molar-refractivity contribution in [1.82, 2.24) is 4.98 Å². The van der Waals surface area contributed by atoms with Gasteiger partial charge in [0.15, 0.2) is 5.58 Å². The molecule has 5 rings (SSSR count). The Morgan fingerprint density at radius 2 is 1.93 bits per heavy atom. The second-order valence-corrected chi connectivity index (χ2v) is 7.07. The van der Waals surface area contributed by atoms with Crippen LogP contribution in [-0.2, 0) is 6.42 Å². The number of nitrogens with zero attached hydrogens (tertiary/aromatic N) is 2. The van der Waals surface area contributed by atoms with E-state index in [4.69, 9.17) is 4.42 Å². The maximum atomic E-state index is 11.5. The molecular formula is C24H18N2O3. The van der Waals surface area contributed by atoms with Gasteiger partial charge in [-0.05, 0) is 41.5 Å². The third-order valence-electron chi connectivity index (χ3n) is 5.43. The van der Waals surface area contributed by atoms with Crippen LogP contribution in [0.2, 0.25) is 0 Å². The molecule has 0 saturated heterocycles. The molecule has 1 aliphatic carbocycles. The average Bonchev–Trinajstić information content (AvgIpc) is 3.37. The van der Waals surface area contributed by atoms with Crippen molar-refractivity contribution in [3.63, 3.8) is 0 Å². The number of allylic oxidation sites excluding steroid dienone is 1. The molecule has 2 aromatic carbocycles. The monoisotopic (exact) mass is 382 g/mol. The predicted octanol–water partition coefficient (Wildman–Crippen LogP) is 5.39. The van der Waals surface area contributed by atoms with Gasteiger partial charge in [0.25, 0.3) is 0 Å². The Morgan fingerprint density at radius 1 is 1.10 bits per heavy atom. The number of aromatic carboxylic acids is 1. The van der Waals surface area contributed by atoms with E-state index in [1.165, 1.54) is 0 Å². The smallest absolute Gasteiger partial charge is 0.336 e. The number of carbonyl (C=O) groups is 1. The minimum Gasteiger partial charge on any atom is -0.478 e. The fraction of sp³-hybridized carbons (Fsp3) is 0.0833. The third kappa shape index (κ3) is 2.79. The summed E-state index contributed by atoms with van der Waals surface area (Å²) in [5.41, 5.74) is 6.60. The molecule has 0 atom stereocenters. The van der Waals surface area contributed by atoms with Crippen molar-refractivity contribution in [2.75, 3.05) is 11.9 Å². The molecule has 0 fully saturated rings. The maximum absolute atomic E-state index is 11.5. The first kappa shape index (κ1) is 17.3. The van der Waals surface area contributed by atoms with Crippen molar-refractivity contribution >= 4 is 40.0 Å². The van der Waals surface area contributed by atoms with Gasteiger partial charge in [-0.2, -0.15) is 0 Å². The molecule has 5 heteroatoms. The van der Waals surface area contributed by atoms with Gasteiger partial charge in [0, 0.05) is 36.3 Å². The lowest BCUT2D eigenvalue weighted by molar-refractivity contribution is 0.0695. The van der Waals surface area contributed by atoms with Crippen LogP contribution in [0.3, 0.4) is 0 Å². The number of furan rings is 1. The first-order chi connectivity index (χ1) is 14.1. The number of rotatable bonds is 4. The van der Waals surface area contributed by atoms with E-state index in [0.717, 1.165) is 39.0 Å². The van der Waals surface area contributed by atoms with Crippen LogP contribution < -0.4 is 4.90 Å². The molecule has 4 aromatic rings. The standard InChI is InChI=1S/C24H18N2O3/c1-26(16-6-3-2-4-7-16)22-9-5-8-17-20(14-29-23(17)22)15-12-19-18(24(27)28)10-11-25-21(19)13-15/h2-11,13-14H,12H2,1H3,(H,27,28). The molecule has 142 valence electrons. The van der Waals surface area contributed by atoms with Gasteiger partial charge in [-0.1, -0.05) is 30.3 Å². The molecule has 0 spiro atoms. The van der Waals surface area contributed by atoms with Gasteiger partial charge in [-0.3, -0.25) is 4.98 Å². The first-order valence-corrected chi connectivity index (χ1v) is 9.34. The summed E-state index contributed by atoms with van der Waals surface area (Å²) >= 11 is 0. The number of carboxylic acid groups (broad SMARTS) is 1. The summed E-state index contributed by atoms with van der Waals surface area (Å²) in [6, 6.07) is 17.7. The molecule has 1 aliphatic rings. The number of para-hydroxylation sites is 2. The molecule has 29 heavy (non-hydrogen) atoms. The molecule has 0 bridgehead atoms. The third-order valence-corrected chi connectivity index (χ3v) is 5.43. The maximum Gasteiger partial charge on any atom is 0.336 e. The average molecular weight is 382 g/mol. The number of fused-ring (bicyclic) bond motifs is 2. The normalized spacial score (nSPS) is 12.7. The van der Waals surface area contributed by atoms with Gasteiger partial charge in [-0.25, -0.2) is 4.79 Å². The molecule has 0 unspecified atom stereocenters. The lowest BCUT2D eigenvalue weighted by atomic mass is 10.0. The summed E-state index contributed by atoms with van der Waals surface area (Å²) in [5.74, 6) is -0.929. The molecule has 2 heterocycles. The SMILES string of the molecule is CN(c1ccccc1)c1cccc2c(C3=Cc4nccc(C(=O)O)c4C3)coc12. The number of benzene rings is 2. The van der Waals surface area contributed by atoms with Crippen LogP contribution in [0.5, 0.6) is 0 Å². The summed E-state index contributed by atoms with van der Waals surface area (Å²) in [7, 11) is 2.01. The fourth-order valence-electron chi connectivity index (χ4n) is 3.94. The molecule has 5 nitrogen and oxygen atoms in total. The Balaban J connectivity index is 1.57. The van der Waals surface area contributed by atoms with E-state index in [-0.39, 0.29) is 0 Å². The van der Waals surface area contributed by atoms with Crippen LogP contribution in [0, 0.1) is 0 Å². The highest BCUT2D eigenvalue weighted by atomic mass is 16.4. The van der Waals surface area contributed by atoms with Crippen LogP contribution in [0.4, 0.5) is 11.4 Å². The van der Waals surface area contributed by atoms with E-state index in [1.54, 1.807) is 18.5 Å². The number of anilines is 2. The topological polar surface area (TPSA) is 66.6 Å². The van der Waals surface area contributed by atoms with Crippen LogP contribution >= 0.6 is 0 Å². The van der Waals surface area contributed by atoms with Crippen molar-refractivity contribution < 1.29 is 14.3 Å². The van der Waals surface area contributed by atoms with E-state index in [9.17, 15) is 9.90 Å². The van der Waals surface area contributed by atoms with Crippen molar-refractivity contribution in [3.05, 3.63) is 89.4 Å². The van der Waals surface area contributed by atoms with Crippen LogP contribution in [0.1, 0.15) is 27.2 Å². The number of carboxylic acids is 1. The van der Waals surface area contributed by atoms with Crippen LogP contribution in [0.15, 0.2) is 71.5 Å². The Hall–Kier alpha value is -3.86. The zero-order valence-electron chi connectivity index (χ0n) is 15.8. The zero-order valence-corrected chi connectivity index (χ0v) is 15.8. The molecule has 0 saturated carbocycles. The van der Waals surface area contributed by atoms with Gasteiger partial charge in [0.1, 0.15) is 0 Å². The second kappa shape index (κ2) is 6.63. The van der Waals surface area contributed by atoms with Crippen molar-refractivity contribution in [1.29, 1.82) is 0 Å². The highest BCUT2D eigenvalue weighted by molar-refractivity contribution is 6.04. The van der Waals surface area contributed by atoms with Gasteiger partial charge in [-0.15, -0.1) is 0 Å². The highest BCUT2D eigenvalue weighted by Gasteiger charge is 2.24. The van der Waals surface area contributed by atoms with Gasteiger partial charge in [0.05, 0.1) is 23.2 Å². The molecule has 0 amide bonds. The van der Waals surface area contributed by atoms with Gasteiger partial charge in [0.2, 0.25) is 0 Å². The number of pyridine rings is 1. The summed E-state index contributed by atoms with van der Waals surface area (Å²) in [4.78, 5) is 18.0. The van der Waals surface area contributed by atoms with E-state index >= 15 is 0 Å². The summed E-state index contributed by atoms with van der Waals surface area (Å²) in [6.07, 6.45) is 5.78. The van der Waals surface area contributed by atoms with E-state index < -0.39 is 5.97 Å². The minimum absolute atomic E-state index is 0.304. The summed E-state index contributed by atoms with van der Waals surface area (Å²) < 4.78 is 5.99. The molecule has 1 N–H and O–H groups in total. The lowest BCUT2D eigenvalue weighted by Crippen LogP contribution is -2.09. The lowest BCUT2D eigenvalue weighted by Gasteiger charge is -2.19. The summed E-state index contributed by atoms with van der Waals surface area (Å²) in [5, 5.41) is 10.5. The fourth-order valence-corrected chi connectivity index (χ4v) is 3.94. The quantitative estimate of drug-likeness (QED) is 0.512. The molecule has 0 radical (unpaired) electrons. The Bertz CT molecular complexity index is 1270. The van der Waals surface area contributed by atoms with E-state index in [1.807, 2.05) is 49.5 Å². The minimum atomic E-state index is -0.929. The molecular weight excluding hydrogens is 364 g/mol. The Morgan fingerprint density at radius 3 is 2.72 bits per heavy atom. The largest absolute Gasteiger partial charge is 0.478 e. The highest BCUT2D eigenvalue weighted by Crippen LogP contribution is 2.40. The van der Waals surface area contributed by atoms with Gasteiger partial charge >= 0.3 is 5.97 Å².